The van der Waals surface area contributed by atoms with Crippen molar-refractivity contribution in [2.45, 2.75) is 52.2 Å². The normalized spacial score (nSPS) is 19.2. The number of ketones is 1. The Morgan fingerprint density at radius 1 is 1.40 bits per heavy atom. The number of Topliss-reactive ketones (excluding diaryl/α,β-unsaturated/α-hetero) is 1. The monoisotopic (exact) mass is 281 g/mol. The van der Waals surface area contributed by atoms with Gasteiger partial charge in [0.1, 0.15) is 11.6 Å². The van der Waals surface area contributed by atoms with E-state index in [1.165, 1.54) is 4.90 Å². The van der Waals surface area contributed by atoms with Crippen LogP contribution in [0.1, 0.15) is 50.1 Å². The maximum absolute atomic E-state index is 12.3. The molecule has 1 saturated heterocycles. The molecular weight excluding hydrogens is 262 g/mol. The van der Waals surface area contributed by atoms with Crippen molar-refractivity contribution in [2.24, 2.45) is 0 Å². The predicted octanol–water partition coefficient (Wildman–Crippen LogP) is 1.96. The fourth-order valence-electron chi connectivity index (χ4n) is 2.12. The van der Waals surface area contributed by atoms with Crippen molar-refractivity contribution in [2.75, 3.05) is 6.54 Å². The zero-order chi connectivity index (χ0) is 14.9. The van der Waals surface area contributed by atoms with Crippen LogP contribution in [0.25, 0.3) is 0 Å². The van der Waals surface area contributed by atoms with Crippen LogP contribution < -0.4 is 0 Å². The van der Waals surface area contributed by atoms with E-state index in [0.29, 0.717) is 18.8 Å². The summed E-state index contributed by atoms with van der Waals surface area (Å²) in [5, 5.41) is 3.60. The molecule has 0 saturated carbocycles. The van der Waals surface area contributed by atoms with Gasteiger partial charge in [0.25, 0.3) is 5.89 Å². The van der Waals surface area contributed by atoms with E-state index in [4.69, 9.17) is 9.26 Å². The van der Waals surface area contributed by atoms with Crippen molar-refractivity contribution >= 4 is 11.9 Å². The Bertz CT molecular complexity index is 518. The summed E-state index contributed by atoms with van der Waals surface area (Å²) in [6.45, 7) is 7.51. The highest BCUT2D eigenvalue weighted by Crippen LogP contribution is 2.23. The number of carbonyl (C=O) groups is 2. The average Bonchev–Trinajstić information content (AvgIpc) is 2.93. The first-order chi connectivity index (χ1) is 9.28. The highest BCUT2D eigenvalue weighted by atomic mass is 16.6. The highest BCUT2D eigenvalue weighted by Gasteiger charge is 2.38. The maximum Gasteiger partial charge on any atom is 0.410 e. The fourth-order valence-corrected chi connectivity index (χ4v) is 2.12. The minimum atomic E-state index is -0.589. The first-order valence-electron chi connectivity index (χ1n) is 6.62. The molecule has 2 heterocycles. The summed E-state index contributed by atoms with van der Waals surface area (Å²) in [6.07, 6.45) is 0.854. The third-order valence-electron chi connectivity index (χ3n) is 2.92. The molecule has 1 aromatic heterocycles. The van der Waals surface area contributed by atoms with Crippen LogP contribution in [0.4, 0.5) is 4.79 Å². The summed E-state index contributed by atoms with van der Waals surface area (Å²) in [5.41, 5.74) is -0.589. The lowest BCUT2D eigenvalue weighted by Crippen LogP contribution is -2.43. The Morgan fingerprint density at radius 2 is 2.10 bits per heavy atom. The van der Waals surface area contributed by atoms with Gasteiger partial charge in [-0.25, -0.2) is 4.79 Å². The third kappa shape index (κ3) is 3.15. The Kier molecular flexibility index (Phi) is 3.78. The molecule has 2 rings (SSSR count). The number of aryl methyl sites for hydroxylation is 1. The van der Waals surface area contributed by atoms with E-state index >= 15 is 0 Å². The van der Waals surface area contributed by atoms with E-state index < -0.39 is 17.7 Å². The van der Waals surface area contributed by atoms with Crippen molar-refractivity contribution in [1.29, 1.82) is 0 Å². The molecule has 110 valence electrons. The van der Waals surface area contributed by atoms with E-state index in [1.807, 2.05) is 0 Å². The molecule has 1 aromatic rings. The van der Waals surface area contributed by atoms with Gasteiger partial charge < -0.3 is 9.26 Å². The van der Waals surface area contributed by atoms with E-state index in [-0.39, 0.29) is 11.7 Å². The molecule has 0 bridgehead atoms. The Hall–Kier alpha value is -1.92. The smallest absolute Gasteiger partial charge is 0.410 e. The predicted molar refractivity (Wildman–Crippen MR) is 69.3 cm³/mol. The molecule has 0 aliphatic carbocycles. The number of hydrogen-bond donors (Lipinski definition) is 0. The second-order valence-corrected chi connectivity index (χ2v) is 5.84. The van der Waals surface area contributed by atoms with Crippen LogP contribution in [0, 0.1) is 6.92 Å². The quantitative estimate of drug-likeness (QED) is 0.770. The number of ether oxygens (including phenoxy) is 1. The van der Waals surface area contributed by atoms with Gasteiger partial charge in [0.15, 0.2) is 5.82 Å². The molecule has 0 N–H and O–H groups in total. The Labute approximate surface area is 117 Å². The van der Waals surface area contributed by atoms with Crippen molar-refractivity contribution in [1.82, 2.24) is 15.0 Å². The lowest BCUT2D eigenvalue weighted by atomic mass is 10.1. The summed E-state index contributed by atoms with van der Waals surface area (Å²) < 4.78 is 10.2. The van der Waals surface area contributed by atoms with Crippen molar-refractivity contribution in [3.8, 4) is 0 Å². The number of nitrogens with zero attached hydrogens (tertiary/aromatic N) is 3. The number of hydrogen-bond acceptors (Lipinski definition) is 6. The second-order valence-electron chi connectivity index (χ2n) is 5.84. The number of aromatic nitrogens is 2. The minimum Gasteiger partial charge on any atom is -0.444 e. The second kappa shape index (κ2) is 5.22. The lowest BCUT2D eigenvalue weighted by molar-refractivity contribution is 0.0218. The lowest BCUT2D eigenvalue weighted by Gasteiger charge is -2.27. The number of likely N-dealkylation sites (tertiary alicyclic amines) is 1. The van der Waals surface area contributed by atoms with Crippen molar-refractivity contribution < 1.29 is 18.8 Å². The summed E-state index contributed by atoms with van der Waals surface area (Å²) >= 11 is 0. The molecule has 0 spiro atoms. The Balaban J connectivity index is 2.11. The van der Waals surface area contributed by atoms with Gasteiger partial charge in [-0.3, -0.25) is 9.69 Å². The molecule has 0 unspecified atom stereocenters. The van der Waals surface area contributed by atoms with E-state index in [2.05, 4.69) is 10.1 Å². The van der Waals surface area contributed by atoms with Gasteiger partial charge in [-0.2, -0.15) is 4.98 Å². The van der Waals surface area contributed by atoms with E-state index in [1.54, 1.807) is 27.7 Å². The number of amides is 1. The van der Waals surface area contributed by atoms with Crippen molar-refractivity contribution in [3.05, 3.63) is 11.7 Å². The van der Waals surface area contributed by atoms with Crippen LogP contribution in [0.3, 0.4) is 0 Å². The Morgan fingerprint density at radius 3 is 2.65 bits per heavy atom. The molecule has 7 nitrogen and oxygen atoms in total. The van der Waals surface area contributed by atoms with Crippen LogP contribution >= 0.6 is 0 Å². The molecular formula is C13H19N3O4. The largest absolute Gasteiger partial charge is 0.444 e. The van der Waals surface area contributed by atoms with Gasteiger partial charge in [0.2, 0.25) is 5.78 Å². The minimum absolute atomic E-state index is 0.0528. The summed E-state index contributed by atoms with van der Waals surface area (Å²) in [6, 6.07) is -0.579. The number of carbonyl (C=O) groups excluding carboxylic acids is 2. The molecule has 0 radical (unpaired) electrons. The van der Waals surface area contributed by atoms with Crippen LogP contribution in [-0.2, 0) is 4.74 Å². The van der Waals surface area contributed by atoms with Gasteiger partial charge in [-0.05, 0) is 40.5 Å². The first kappa shape index (κ1) is 14.5. The molecule has 20 heavy (non-hydrogen) atoms. The van der Waals surface area contributed by atoms with Crippen LogP contribution in [0.15, 0.2) is 4.52 Å². The van der Waals surface area contributed by atoms with Crippen LogP contribution in [-0.4, -0.2) is 45.1 Å². The number of rotatable bonds is 2. The summed E-state index contributed by atoms with van der Waals surface area (Å²) in [7, 11) is 0. The van der Waals surface area contributed by atoms with Gasteiger partial charge in [0, 0.05) is 6.54 Å². The van der Waals surface area contributed by atoms with E-state index in [0.717, 1.165) is 6.42 Å². The zero-order valence-corrected chi connectivity index (χ0v) is 12.2. The zero-order valence-electron chi connectivity index (χ0n) is 12.2. The summed E-state index contributed by atoms with van der Waals surface area (Å²) in [5.74, 6) is 0.0204. The topological polar surface area (TPSA) is 85.5 Å². The SMILES string of the molecule is Cc1noc(C(=O)[C@@H]2CCCN2C(=O)OC(C)(C)C)n1. The molecule has 1 aliphatic rings. The molecule has 0 aromatic carbocycles. The molecule has 1 atom stereocenters. The maximum atomic E-state index is 12.3. The van der Waals surface area contributed by atoms with Crippen molar-refractivity contribution in [3.63, 3.8) is 0 Å². The highest BCUT2D eigenvalue weighted by molar-refractivity contribution is 5.98. The molecule has 7 heteroatoms. The van der Waals surface area contributed by atoms with Crippen LogP contribution in [0.2, 0.25) is 0 Å². The van der Waals surface area contributed by atoms with Gasteiger partial charge in [-0.1, -0.05) is 5.16 Å². The fraction of sp³-hybridized carbons (Fsp3) is 0.692. The molecule has 1 aliphatic heterocycles. The molecule has 1 fully saturated rings. The van der Waals surface area contributed by atoms with Gasteiger partial charge in [0.05, 0.1) is 0 Å². The van der Waals surface area contributed by atoms with Gasteiger partial charge >= 0.3 is 6.09 Å². The standard InChI is InChI=1S/C13H19N3O4/c1-8-14-11(20-15-8)10(17)9-6-5-7-16(9)12(18)19-13(2,3)4/h9H,5-7H2,1-4H3/t9-/m0/s1. The molecule has 1 amide bonds. The van der Waals surface area contributed by atoms with Crippen LogP contribution in [0.5, 0.6) is 0 Å². The van der Waals surface area contributed by atoms with E-state index in [9.17, 15) is 9.59 Å². The average molecular weight is 281 g/mol. The third-order valence-corrected chi connectivity index (χ3v) is 2.92. The summed E-state index contributed by atoms with van der Waals surface area (Å²) in [4.78, 5) is 29.7. The first-order valence-corrected chi connectivity index (χ1v) is 6.62. The van der Waals surface area contributed by atoms with Gasteiger partial charge in [-0.15, -0.1) is 0 Å².